The number of hydrogen-bond acceptors (Lipinski definition) is 2. The van der Waals surface area contributed by atoms with Gasteiger partial charge >= 0.3 is 5.97 Å². The van der Waals surface area contributed by atoms with Crippen molar-refractivity contribution >= 4 is 5.97 Å². The van der Waals surface area contributed by atoms with Gasteiger partial charge in [-0.2, -0.15) is 5.10 Å². The fourth-order valence-electron chi connectivity index (χ4n) is 1.60. The van der Waals surface area contributed by atoms with Gasteiger partial charge in [-0.15, -0.1) is 0 Å². The Morgan fingerprint density at radius 3 is 2.36 bits per heavy atom. The van der Waals surface area contributed by atoms with Crippen LogP contribution in [0.4, 0.5) is 0 Å². The van der Waals surface area contributed by atoms with E-state index in [0.717, 1.165) is 11.4 Å². The minimum absolute atomic E-state index is 0.0329. The van der Waals surface area contributed by atoms with Gasteiger partial charge in [0.1, 0.15) is 0 Å². The average molecular weight is 196 g/mol. The van der Waals surface area contributed by atoms with Crippen LogP contribution in [0.3, 0.4) is 0 Å². The van der Waals surface area contributed by atoms with E-state index in [4.69, 9.17) is 5.11 Å². The van der Waals surface area contributed by atoms with Crippen LogP contribution in [0.5, 0.6) is 0 Å². The van der Waals surface area contributed by atoms with Crippen molar-refractivity contribution in [1.82, 2.24) is 9.78 Å². The summed E-state index contributed by atoms with van der Waals surface area (Å²) >= 11 is 0. The van der Waals surface area contributed by atoms with Crippen LogP contribution in [0.2, 0.25) is 0 Å². The summed E-state index contributed by atoms with van der Waals surface area (Å²) < 4.78 is 1.59. The minimum atomic E-state index is -0.828. The molecule has 0 aliphatic heterocycles. The third-order valence-electron chi connectivity index (χ3n) is 2.19. The standard InChI is InChI=1S/C10H16N2O2/c1-6(2)9(10(13)14)12-8(4)5-7(3)11-12/h5-6,9H,1-4H3,(H,13,14). The van der Waals surface area contributed by atoms with Crippen LogP contribution in [0.25, 0.3) is 0 Å². The molecule has 1 atom stereocenters. The second-order valence-corrected chi connectivity index (χ2v) is 3.90. The summed E-state index contributed by atoms with van der Waals surface area (Å²) in [5, 5.41) is 13.3. The Morgan fingerprint density at radius 1 is 1.50 bits per heavy atom. The molecule has 0 aliphatic carbocycles. The molecule has 78 valence electrons. The molecule has 0 saturated carbocycles. The lowest BCUT2D eigenvalue weighted by Crippen LogP contribution is -2.26. The molecule has 1 N–H and O–H groups in total. The Balaban J connectivity index is 3.11. The summed E-state index contributed by atoms with van der Waals surface area (Å²) in [4.78, 5) is 11.0. The quantitative estimate of drug-likeness (QED) is 0.801. The van der Waals surface area contributed by atoms with E-state index in [2.05, 4.69) is 5.10 Å². The molecular formula is C10H16N2O2. The summed E-state index contributed by atoms with van der Waals surface area (Å²) in [5.41, 5.74) is 1.75. The summed E-state index contributed by atoms with van der Waals surface area (Å²) in [6, 6.07) is 1.32. The lowest BCUT2D eigenvalue weighted by atomic mass is 10.1. The molecule has 4 nitrogen and oxygen atoms in total. The third-order valence-corrected chi connectivity index (χ3v) is 2.19. The van der Waals surface area contributed by atoms with Crippen molar-refractivity contribution in [3.8, 4) is 0 Å². The molecule has 1 rings (SSSR count). The van der Waals surface area contributed by atoms with Crippen LogP contribution in [0, 0.1) is 19.8 Å². The van der Waals surface area contributed by atoms with E-state index in [-0.39, 0.29) is 5.92 Å². The Kier molecular flexibility index (Phi) is 2.93. The van der Waals surface area contributed by atoms with E-state index in [1.807, 2.05) is 33.8 Å². The molecule has 1 aromatic rings. The summed E-state index contributed by atoms with van der Waals surface area (Å²) in [7, 11) is 0. The van der Waals surface area contributed by atoms with Gasteiger partial charge in [-0.05, 0) is 25.8 Å². The molecule has 0 aliphatic rings. The molecule has 0 spiro atoms. The highest BCUT2D eigenvalue weighted by Crippen LogP contribution is 2.19. The zero-order valence-electron chi connectivity index (χ0n) is 8.98. The van der Waals surface area contributed by atoms with Gasteiger partial charge < -0.3 is 5.11 Å². The van der Waals surface area contributed by atoms with Crippen molar-refractivity contribution in [3.05, 3.63) is 17.5 Å². The molecule has 0 saturated heterocycles. The maximum atomic E-state index is 11.0. The smallest absolute Gasteiger partial charge is 0.328 e. The predicted octanol–water partition coefficient (Wildman–Crippen LogP) is 1.78. The van der Waals surface area contributed by atoms with Gasteiger partial charge in [0.2, 0.25) is 0 Å². The van der Waals surface area contributed by atoms with Crippen LogP contribution in [-0.4, -0.2) is 20.9 Å². The second-order valence-electron chi connectivity index (χ2n) is 3.90. The molecule has 0 amide bonds. The number of aliphatic carboxylic acids is 1. The maximum Gasteiger partial charge on any atom is 0.328 e. The number of rotatable bonds is 3. The summed E-state index contributed by atoms with van der Waals surface area (Å²) in [6.45, 7) is 7.51. The maximum absolute atomic E-state index is 11.0. The number of nitrogens with zero attached hydrogens (tertiary/aromatic N) is 2. The van der Waals surface area contributed by atoms with E-state index in [0.29, 0.717) is 0 Å². The van der Waals surface area contributed by atoms with Crippen LogP contribution in [-0.2, 0) is 4.79 Å². The van der Waals surface area contributed by atoms with Crippen molar-refractivity contribution in [2.75, 3.05) is 0 Å². The van der Waals surface area contributed by atoms with Crippen molar-refractivity contribution in [2.45, 2.75) is 33.7 Å². The van der Waals surface area contributed by atoms with Gasteiger partial charge in [0.25, 0.3) is 0 Å². The normalized spacial score (nSPS) is 13.2. The average Bonchev–Trinajstić information content (AvgIpc) is 2.29. The molecular weight excluding hydrogens is 180 g/mol. The van der Waals surface area contributed by atoms with E-state index in [1.165, 1.54) is 0 Å². The molecule has 1 aromatic heterocycles. The number of aromatic nitrogens is 2. The lowest BCUT2D eigenvalue weighted by Gasteiger charge is -2.18. The largest absolute Gasteiger partial charge is 0.480 e. The van der Waals surface area contributed by atoms with E-state index in [9.17, 15) is 4.79 Å². The van der Waals surface area contributed by atoms with Crippen molar-refractivity contribution in [3.63, 3.8) is 0 Å². The molecule has 1 heterocycles. The molecule has 4 heteroatoms. The molecule has 0 fully saturated rings. The third kappa shape index (κ3) is 1.95. The number of carboxylic acids is 1. The zero-order chi connectivity index (χ0) is 10.9. The van der Waals surface area contributed by atoms with Gasteiger partial charge in [0.05, 0.1) is 5.69 Å². The fraction of sp³-hybridized carbons (Fsp3) is 0.600. The summed E-state index contributed by atoms with van der Waals surface area (Å²) in [5.74, 6) is -0.795. The first-order valence-electron chi connectivity index (χ1n) is 4.69. The Morgan fingerprint density at radius 2 is 2.07 bits per heavy atom. The van der Waals surface area contributed by atoms with Gasteiger partial charge in [0.15, 0.2) is 6.04 Å². The predicted molar refractivity (Wildman–Crippen MR) is 53.2 cm³/mol. The van der Waals surface area contributed by atoms with Crippen molar-refractivity contribution < 1.29 is 9.90 Å². The fourth-order valence-corrected chi connectivity index (χ4v) is 1.60. The monoisotopic (exact) mass is 196 g/mol. The molecule has 14 heavy (non-hydrogen) atoms. The number of hydrogen-bond donors (Lipinski definition) is 1. The Hall–Kier alpha value is -1.32. The Bertz CT molecular complexity index is 342. The summed E-state index contributed by atoms with van der Waals surface area (Å²) in [6.07, 6.45) is 0. The first-order valence-corrected chi connectivity index (χ1v) is 4.69. The second kappa shape index (κ2) is 3.82. The van der Waals surface area contributed by atoms with E-state index < -0.39 is 12.0 Å². The van der Waals surface area contributed by atoms with Crippen molar-refractivity contribution in [2.24, 2.45) is 5.92 Å². The number of aryl methyl sites for hydroxylation is 2. The molecule has 1 unspecified atom stereocenters. The Labute approximate surface area is 83.5 Å². The van der Waals surface area contributed by atoms with Gasteiger partial charge in [-0.3, -0.25) is 4.68 Å². The highest BCUT2D eigenvalue weighted by Gasteiger charge is 2.25. The first-order chi connectivity index (χ1) is 6.43. The van der Waals surface area contributed by atoms with Gasteiger partial charge in [-0.25, -0.2) is 4.79 Å². The number of carbonyl (C=O) groups is 1. The molecule has 0 radical (unpaired) electrons. The lowest BCUT2D eigenvalue weighted by molar-refractivity contribution is -0.142. The van der Waals surface area contributed by atoms with Crippen LogP contribution in [0.1, 0.15) is 31.3 Å². The van der Waals surface area contributed by atoms with E-state index in [1.54, 1.807) is 4.68 Å². The zero-order valence-corrected chi connectivity index (χ0v) is 8.98. The van der Waals surface area contributed by atoms with Crippen LogP contribution < -0.4 is 0 Å². The first kappa shape index (κ1) is 10.8. The van der Waals surface area contributed by atoms with Gasteiger partial charge in [-0.1, -0.05) is 13.8 Å². The minimum Gasteiger partial charge on any atom is -0.480 e. The van der Waals surface area contributed by atoms with Crippen LogP contribution >= 0.6 is 0 Å². The van der Waals surface area contributed by atoms with E-state index >= 15 is 0 Å². The number of carboxylic acid groups (broad SMARTS) is 1. The van der Waals surface area contributed by atoms with Gasteiger partial charge in [0, 0.05) is 5.69 Å². The molecule has 0 aromatic carbocycles. The molecule has 0 bridgehead atoms. The SMILES string of the molecule is Cc1cc(C)n(C(C(=O)O)C(C)C)n1. The highest BCUT2D eigenvalue weighted by molar-refractivity contribution is 5.72. The van der Waals surface area contributed by atoms with Crippen LogP contribution in [0.15, 0.2) is 6.07 Å². The topological polar surface area (TPSA) is 55.1 Å². The highest BCUT2D eigenvalue weighted by atomic mass is 16.4. The van der Waals surface area contributed by atoms with Crippen molar-refractivity contribution in [1.29, 1.82) is 0 Å².